The first kappa shape index (κ1) is 14.1. The highest BCUT2D eigenvalue weighted by Gasteiger charge is 2.13. The van der Waals surface area contributed by atoms with Gasteiger partial charge in [-0.15, -0.1) is 6.42 Å². The summed E-state index contributed by atoms with van der Waals surface area (Å²) in [5, 5.41) is 0. The molecule has 17 heavy (non-hydrogen) atoms. The topological polar surface area (TPSA) is 26.3 Å². The molecule has 0 saturated heterocycles. The summed E-state index contributed by atoms with van der Waals surface area (Å²) in [4.78, 5) is 11.1. The molecule has 1 rings (SSSR count). The van der Waals surface area contributed by atoms with Crippen molar-refractivity contribution in [3.8, 4) is 12.3 Å². The molecule has 0 amide bonds. The maximum Gasteiger partial charge on any atom is 0.384 e. The number of rotatable bonds is 1. The molecule has 0 atom stereocenters. The summed E-state index contributed by atoms with van der Waals surface area (Å²) >= 11 is 0. The van der Waals surface area contributed by atoms with E-state index in [1.807, 2.05) is 5.92 Å². The second kappa shape index (κ2) is 9.10. The first-order valence-corrected chi connectivity index (χ1v) is 7.00. The van der Waals surface area contributed by atoms with Crippen molar-refractivity contribution in [3.05, 3.63) is 0 Å². The molecule has 1 fully saturated rings. The van der Waals surface area contributed by atoms with E-state index in [1.54, 1.807) is 0 Å². The van der Waals surface area contributed by atoms with Crippen LogP contribution in [0.3, 0.4) is 0 Å². The van der Waals surface area contributed by atoms with Crippen LogP contribution in [0.5, 0.6) is 0 Å². The van der Waals surface area contributed by atoms with Gasteiger partial charge >= 0.3 is 5.97 Å². The van der Waals surface area contributed by atoms with E-state index >= 15 is 0 Å². The fraction of sp³-hybridized carbons (Fsp3) is 0.800. The van der Waals surface area contributed by atoms with Crippen LogP contribution in [-0.4, -0.2) is 12.1 Å². The zero-order valence-electron chi connectivity index (χ0n) is 10.7. The lowest BCUT2D eigenvalue weighted by atomic mass is 9.99. The Bertz CT molecular complexity index is 240. The van der Waals surface area contributed by atoms with E-state index in [-0.39, 0.29) is 6.10 Å². The Morgan fingerprint density at radius 1 is 0.882 bits per heavy atom. The molecule has 0 spiro atoms. The van der Waals surface area contributed by atoms with E-state index in [4.69, 9.17) is 11.2 Å². The first-order valence-electron chi connectivity index (χ1n) is 7.00. The Morgan fingerprint density at radius 3 is 1.71 bits per heavy atom. The van der Waals surface area contributed by atoms with Gasteiger partial charge < -0.3 is 4.74 Å². The molecule has 0 aromatic rings. The number of carbonyl (C=O) groups excluding carboxylic acids is 1. The molecule has 0 N–H and O–H groups in total. The van der Waals surface area contributed by atoms with Crippen LogP contribution in [0, 0.1) is 12.3 Å². The van der Waals surface area contributed by atoms with Gasteiger partial charge in [0, 0.05) is 5.92 Å². The fourth-order valence-corrected chi connectivity index (χ4v) is 2.43. The van der Waals surface area contributed by atoms with Gasteiger partial charge in [0.1, 0.15) is 6.10 Å². The third-order valence-electron chi connectivity index (χ3n) is 3.44. The van der Waals surface area contributed by atoms with Gasteiger partial charge in [0.15, 0.2) is 0 Å². The Kier molecular flexibility index (Phi) is 7.54. The highest BCUT2D eigenvalue weighted by Crippen LogP contribution is 2.18. The molecule has 0 aromatic carbocycles. The van der Waals surface area contributed by atoms with Crippen molar-refractivity contribution in [1.29, 1.82) is 0 Å². The summed E-state index contributed by atoms with van der Waals surface area (Å²) in [6.07, 6.45) is 18.6. The lowest BCUT2D eigenvalue weighted by Gasteiger charge is -2.17. The zero-order chi connectivity index (χ0) is 12.3. The molecule has 1 saturated carbocycles. The minimum absolute atomic E-state index is 0.0537. The van der Waals surface area contributed by atoms with E-state index < -0.39 is 5.97 Å². The molecular formula is C15H24O2. The van der Waals surface area contributed by atoms with E-state index in [0.717, 1.165) is 25.7 Å². The van der Waals surface area contributed by atoms with Crippen LogP contribution < -0.4 is 0 Å². The van der Waals surface area contributed by atoms with Crippen molar-refractivity contribution in [2.24, 2.45) is 0 Å². The molecule has 0 bridgehead atoms. The molecule has 0 aliphatic heterocycles. The minimum atomic E-state index is -0.498. The third-order valence-corrected chi connectivity index (χ3v) is 3.44. The Labute approximate surface area is 105 Å². The Balaban J connectivity index is 2.32. The molecule has 96 valence electrons. The molecule has 2 nitrogen and oxygen atoms in total. The fourth-order valence-electron chi connectivity index (χ4n) is 2.43. The number of ether oxygens (including phenoxy) is 1. The molecule has 1 aliphatic carbocycles. The van der Waals surface area contributed by atoms with Crippen LogP contribution in [0.2, 0.25) is 0 Å². The average Bonchev–Trinajstić information content (AvgIpc) is 2.32. The molecule has 0 radical (unpaired) electrons. The van der Waals surface area contributed by atoms with Gasteiger partial charge in [-0.05, 0) is 25.7 Å². The zero-order valence-corrected chi connectivity index (χ0v) is 10.7. The number of terminal acetylenes is 1. The maximum absolute atomic E-state index is 11.1. The van der Waals surface area contributed by atoms with Crippen LogP contribution in [-0.2, 0) is 9.53 Å². The molecule has 0 aromatic heterocycles. The molecule has 0 heterocycles. The largest absolute Gasteiger partial charge is 0.453 e. The van der Waals surface area contributed by atoms with Gasteiger partial charge in [0.05, 0.1) is 0 Å². The van der Waals surface area contributed by atoms with Crippen LogP contribution in [0.25, 0.3) is 0 Å². The van der Waals surface area contributed by atoms with E-state index in [0.29, 0.717) is 0 Å². The molecule has 2 heteroatoms. The van der Waals surface area contributed by atoms with Crippen molar-refractivity contribution >= 4 is 5.97 Å². The lowest BCUT2D eigenvalue weighted by Crippen LogP contribution is -2.17. The summed E-state index contributed by atoms with van der Waals surface area (Å²) in [6, 6.07) is 0. The summed E-state index contributed by atoms with van der Waals surface area (Å²) in [7, 11) is 0. The highest BCUT2D eigenvalue weighted by atomic mass is 16.5. The van der Waals surface area contributed by atoms with E-state index in [1.165, 1.54) is 44.9 Å². The van der Waals surface area contributed by atoms with E-state index in [9.17, 15) is 4.79 Å². The van der Waals surface area contributed by atoms with Crippen LogP contribution >= 0.6 is 0 Å². The van der Waals surface area contributed by atoms with Crippen LogP contribution in [0.15, 0.2) is 0 Å². The number of esters is 1. The Morgan fingerprint density at radius 2 is 1.29 bits per heavy atom. The molecule has 1 aliphatic rings. The second-order valence-corrected chi connectivity index (χ2v) is 4.93. The average molecular weight is 236 g/mol. The highest BCUT2D eigenvalue weighted by molar-refractivity contribution is 5.87. The lowest BCUT2D eigenvalue weighted by molar-refractivity contribution is -0.142. The van der Waals surface area contributed by atoms with Crippen molar-refractivity contribution < 1.29 is 9.53 Å². The first-order chi connectivity index (χ1) is 8.33. The van der Waals surface area contributed by atoms with Gasteiger partial charge in [-0.3, -0.25) is 0 Å². The van der Waals surface area contributed by atoms with Crippen molar-refractivity contribution in [2.75, 3.05) is 0 Å². The minimum Gasteiger partial charge on any atom is -0.453 e. The summed E-state index contributed by atoms with van der Waals surface area (Å²) in [6.45, 7) is 0. The second-order valence-electron chi connectivity index (χ2n) is 4.93. The van der Waals surface area contributed by atoms with Crippen molar-refractivity contribution in [1.82, 2.24) is 0 Å². The maximum atomic E-state index is 11.1. The quantitative estimate of drug-likeness (QED) is 0.393. The predicted molar refractivity (Wildman–Crippen MR) is 69.5 cm³/mol. The monoisotopic (exact) mass is 236 g/mol. The number of hydrogen-bond donors (Lipinski definition) is 0. The van der Waals surface area contributed by atoms with Crippen molar-refractivity contribution in [3.63, 3.8) is 0 Å². The van der Waals surface area contributed by atoms with Crippen molar-refractivity contribution in [2.45, 2.75) is 76.7 Å². The smallest absolute Gasteiger partial charge is 0.384 e. The molecule has 0 unspecified atom stereocenters. The predicted octanol–water partition coefficient (Wildman–Crippen LogP) is 3.84. The molecular weight excluding hydrogens is 212 g/mol. The van der Waals surface area contributed by atoms with Crippen LogP contribution in [0.4, 0.5) is 0 Å². The number of hydrogen-bond acceptors (Lipinski definition) is 2. The van der Waals surface area contributed by atoms with E-state index in [2.05, 4.69) is 0 Å². The SMILES string of the molecule is C#CC(=O)OC1CCCCCCCCCCC1. The summed E-state index contributed by atoms with van der Waals surface area (Å²) < 4.78 is 5.27. The standard InChI is InChI=1S/C15H24O2/c1-2-15(16)17-14-12-10-8-6-4-3-5-7-9-11-13-14/h1,14H,3-13H2. The number of carbonyl (C=O) groups is 1. The van der Waals surface area contributed by atoms with Crippen LogP contribution in [0.1, 0.15) is 70.6 Å². The Hall–Kier alpha value is -0.970. The van der Waals surface area contributed by atoms with Gasteiger partial charge in [0.2, 0.25) is 0 Å². The van der Waals surface area contributed by atoms with Gasteiger partial charge in [0.25, 0.3) is 0 Å². The van der Waals surface area contributed by atoms with Gasteiger partial charge in [-0.25, -0.2) is 4.79 Å². The summed E-state index contributed by atoms with van der Waals surface area (Å²) in [5.41, 5.74) is 0. The normalized spacial score (nSPS) is 20.6. The van der Waals surface area contributed by atoms with Gasteiger partial charge in [-0.1, -0.05) is 44.9 Å². The third kappa shape index (κ3) is 7.05. The summed E-state index contributed by atoms with van der Waals surface area (Å²) in [5.74, 6) is 1.54. The van der Waals surface area contributed by atoms with Gasteiger partial charge in [-0.2, -0.15) is 0 Å².